The molecule has 1 fully saturated rings. The number of anilines is 2. The van der Waals surface area contributed by atoms with Gasteiger partial charge in [-0.2, -0.15) is 0 Å². The van der Waals surface area contributed by atoms with Crippen molar-refractivity contribution in [3.63, 3.8) is 0 Å². The Labute approximate surface area is 151 Å². The Morgan fingerprint density at radius 1 is 0.960 bits per heavy atom. The lowest BCUT2D eigenvalue weighted by Crippen LogP contribution is -2.33. The van der Waals surface area contributed by atoms with E-state index in [4.69, 9.17) is 0 Å². The van der Waals surface area contributed by atoms with Crippen molar-refractivity contribution in [2.45, 2.75) is 58.3 Å². The van der Waals surface area contributed by atoms with Gasteiger partial charge in [0.2, 0.25) is 10.0 Å². The number of carbonyl (C=O) groups excluding carboxylic acids is 1. The minimum absolute atomic E-state index is 0.176. The molecule has 1 aliphatic rings. The third-order valence-electron chi connectivity index (χ3n) is 4.59. The zero-order chi connectivity index (χ0) is 18.1. The van der Waals surface area contributed by atoms with Crippen LogP contribution in [0.2, 0.25) is 0 Å². The second kappa shape index (κ2) is 9.80. The molecule has 0 aliphatic carbocycles. The number of benzene rings is 1. The number of ketones is 1. The molecule has 2 rings (SSSR count). The average Bonchev–Trinajstić information content (AvgIpc) is 2.59. The van der Waals surface area contributed by atoms with Gasteiger partial charge in [0.15, 0.2) is 0 Å². The topological polar surface area (TPSA) is 66.5 Å². The molecule has 5 nitrogen and oxygen atoms in total. The first-order chi connectivity index (χ1) is 12.0. The van der Waals surface area contributed by atoms with Crippen LogP contribution in [0.1, 0.15) is 58.3 Å². The number of hydrogen-bond donors (Lipinski definition) is 1. The Morgan fingerprint density at radius 3 is 2.20 bits per heavy atom. The molecule has 1 aromatic carbocycles. The Hall–Kier alpha value is -1.56. The third kappa shape index (κ3) is 7.06. The first-order valence-electron chi connectivity index (χ1n) is 9.37. The van der Waals surface area contributed by atoms with E-state index in [1.165, 1.54) is 19.3 Å². The number of nitrogens with zero attached hydrogens (tertiary/aromatic N) is 1. The van der Waals surface area contributed by atoms with Gasteiger partial charge < -0.3 is 4.90 Å². The molecule has 0 aromatic heterocycles. The number of piperidine rings is 1. The molecular formula is C19H30N2O3S. The van der Waals surface area contributed by atoms with Gasteiger partial charge in [0.05, 0.1) is 5.75 Å². The number of carbonyl (C=O) groups is 1. The molecule has 0 unspecified atom stereocenters. The lowest BCUT2D eigenvalue weighted by molar-refractivity contribution is -0.119. The van der Waals surface area contributed by atoms with Crippen molar-refractivity contribution in [2.24, 2.45) is 0 Å². The molecule has 0 spiro atoms. The normalized spacial score (nSPS) is 15.4. The largest absolute Gasteiger partial charge is 0.371 e. The van der Waals surface area contributed by atoms with E-state index in [1.54, 1.807) is 12.1 Å². The maximum Gasteiger partial charge on any atom is 0.232 e. The first kappa shape index (κ1) is 19.8. The minimum Gasteiger partial charge on any atom is -0.371 e. The van der Waals surface area contributed by atoms with Crippen LogP contribution < -0.4 is 9.62 Å². The number of sulfonamides is 1. The van der Waals surface area contributed by atoms with E-state index in [0.717, 1.165) is 31.6 Å². The summed E-state index contributed by atoms with van der Waals surface area (Å²) in [5.74, 6) is 0.491. The molecule has 140 valence electrons. The molecule has 0 radical (unpaired) electrons. The van der Waals surface area contributed by atoms with Crippen LogP contribution in [0.5, 0.6) is 0 Å². The second-order valence-corrected chi connectivity index (χ2v) is 8.60. The van der Waals surface area contributed by atoms with Gasteiger partial charge in [-0.1, -0.05) is 39.0 Å². The van der Waals surface area contributed by atoms with E-state index in [0.29, 0.717) is 30.7 Å². The zero-order valence-electron chi connectivity index (χ0n) is 15.2. The summed E-state index contributed by atoms with van der Waals surface area (Å²) in [7, 11) is -3.28. The number of rotatable bonds is 10. The maximum atomic E-state index is 12.2. The molecule has 0 saturated carbocycles. The van der Waals surface area contributed by atoms with Crippen molar-refractivity contribution >= 4 is 27.2 Å². The fourth-order valence-corrected chi connectivity index (χ4v) is 4.24. The summed E-state index contributed by atoms with van der Waals surface area (Å²) in [6, 6.07) is 7.42. The lowest BCUT2D eigenvalue weighted by Gasteiger charge is -2.28. The van der Waals surface area contributed by atoms with Crippen molar-refractivity contribution < 1.29 is 13.2 Å². The fourth-order valence-electron chi connectivity index (χ4n) is 3.06. The molecule has 1 heterocycles. The minimum atomic E-state index is -3.28. The summed E-state index contributed by atoms with van der Waals surface area (Å²) < 4.78 is 27.0. The highest BCUT2D eigenvalue weighted by Gasteiger charge is 2.16. The molecule has 0 bridgehead atoms. The van der Waals surface area contributed by atoms with E-state index in [2.05, 4.69) is 16.5 Å². The summed E-state index contributed by atoms with van der Waals surface area (Å²) in [6.45, 7) is 3.65. The fraction of sp³-hybridized carbons (Fsp3) is 0.632. The molecule has 1 aliphatic heterocycles. The Morgan fingerprint density at radius 2 is 1.56 bits per heavy atom. The highest BCUT2D eigenvalue weighted by Crippen LogP contribution is 2.21. The molecule has 1 N–H and O–H groups in total. The molecule has 0 amide bonds. The van der Waals surface area contributed by atoms with Crippen LogP contribution in [0.4, 0.5) is 11.4 Å². The van der Waals surface area contributed by atoms with Gasteiger partial charge in [0.25, 0.3) is 0 Å². The first-order valence-corrected chi connectivity index (χ1v) is 11.0. The molecule has 0 atom stereocenters. The summed E-state index contributed by atoms with van der Waals surface area (Å²) in [5.41, 5.74) is 1.63. The molecule has 6 heteroatoms. The number of hydrogen-bond acceptors (Lipinski definition) is 4. The summed E-state index contributed by atoms with van der Waals surface area (Å²) in [4.78, 5) is 13.5. The van der Waals surface area contributed by atoms with Gasteiger partial charge in [-0.15, -0.1) is 0 Å². The van der Waals surface area contributed by atoms with E-state index in [1.807, 2.05) is 12.1 Å². The monoisotopic (exact) mass is 366 g/mol. The highest BCUT2D eigenvalue weighted by molar-refractivity contribution is 7.92. The number of nitrogens with one attached hydrogen (secondary N) is 1. The smallest absolute Gasteiger partial charge is 0.232 e. The third-order valence-corrected chi connectivity index (χ3v) is 5.97. The van der Waals surface area contributed by atoms with E-state index < -0.39 is 10.0 Å². The molecule has 1 saturated heterocycles. The second-order valence-electron chi connectivity index (χ2n) is 6.76. The number of Topliss-reactive ketones (excluding diaryl/α,β-unsaturated/α-hetero) is 1. The van der Waals surface area contributed by atoms with Gasteiger partial charge >= 0.3 is 0 Å². The molecular weight excluding hydrogens is 336 g/mol. The molecule has 1 aromatic rings. The number of unbranched alkanes of at least 4 members (excludes halogenated alkanes) is 5. The predicted octanol–water partition coefficient (Wildman–Crippen LogP) is 3.96. The van der Waals surface area contributed by atoms with Crippen LogP contribution in [-0.2, 0) is 14.8 Å². The standard InChI is InChI=1S/C19H30N2O3S/c1-2-3-4-5-6-7-16-25(23,24)20-17-8-10-18(11-9-17)21-14-12-19(22)13-15-21/h8-11,20H,2-7,12-16H2,1H3. The van der Waals surface area contributed by atoms with E-state index >= 15 is 0 Å². The van der Waals surface area contributed by atoms with Gasteiger partial charge in [-0.25, -0.2) is 8.42 Å². The van der Waals surface area contributed by atoms with Gasteiger partial charge in [-0.3, -0.25) is 9.52 Å². The lowest BCUT2D eigenvalue weighted by atomic mass is 10.1. The van der Waals surface area contributed by atoms with Crippen molar-refractivity contribution in [1.29, 1.82) is 0 Å². The van der Waals surface area contributed by atoms with Gasteiger partial charge in [0.1, 0.15) is 5.78 Å². The Kier molecular flexibility index (Phi) is 7.75. The van der Waals surface area contributed by atoms with Crippen molar-refractivity contribution in [2.75, 3.05) is 28.5 Å². The van der Waals surface area contributed by atoms with Crippen molar-refractivity contribution in [3.8, 4) is 0 Å². The Balaban J connectivity index is 1.78. The predicted molar refractivity (Wildman–Crippen MR) is 104 cm³/mol. The van der Waals surface area contributed by atoms with Crippen LogP contribution in [0.15, 0.2) is 24.3 Å². The maximum absolute atomic E-state index is 12.2. The average molecular weight is 367 g/mol. The summed E-state index contributed by atoms with van der Waals surface area (Å²) in [5, 5.41) is 0. The zero-order valence-corrected chi connectivity index (χ0v) is 16.0. The van der Waals surface area contributed by atoms with E-state index in [-0.39, 0.29) is 5.75 Å². The highest BCUT2D eigenvalue weighted by atomic mass is 32.2. The van der Waals surface area contributed by atoms with Crippen LogP contribution in [0.25, 0.3) is 0 Å². The van der Waals surface area contributed by atoms with Crippen molar-refractivity contribution in [3.05, 3.63) is 24.3 Å². The summed E-state index contributed by atoms with van der Waals surface area (Å²) in [6.07, 6.45) is 7.57. The molecule has 25 heavy (non-hydrogen) atoms. The SMILES string of the molecule is CCCCCCCCS(=O)(=O)Nc1ccc(N2CCC(=O)CC2)cc1. The van der Waals surface area contributed by atoms with E-state index in [9.17, 15) is 13.2 Å². The van der Waals surface area contributed by atoms with Crippen LogP contribution in [-0.4, -0.2) is 33.0 Å². The van der Waals surface area contributed by atoms with Crippen LogP contribution in [0, 0.1) is 0 Å². The Bertz CT molecular complexity index is 631. The van der Waals surface area contributed by atoms with Gasteiger partial charge in [-0.05, 0) is 30.7 Å². The van der Waals surface area contributed by atoms with Crippen LogP contribution in [0.3, 0.4) is 0 Å². The van der Waals surface area contributed by atoms with Crippen LogP contribution >= 0.6 is 0 Å². The summed E-state index contributed by atoms with van der Waals surface area (Å²) >= 11 is 0. The van der Waals surface area contributed by atoms with Gasteiger partial charge in [0, 0.05) is 37.3 Å². The quantitative estimate of drug-likeness (QED) is 0.637. The van der Waals surface area contributed by atoms with Crippen molar-refractivity contribution in [1.82, 2.24) is 0 Å².